The maximum Gasteiger partial charge on any atom is 0.333 e. The SMILES string of the molecule is Cc1ccc(S(=O)(=O)NC(=O)N2CC(C)OC2(C)C)cc1. The molecular formula is C14H20N2O4S. The molecule has 0 radical (unpaired) electrons. The molecule has 6 nitrogen and oxygen atoms in total. The Labute approximate surface area is 125 Å². The highest BCUT2D eigenvalue weighted by atomic mass is 32.2. The minimum atomic E-state index is -3.88. The zero-order valence-electron chi connectivity index (χ0n) is 12.6. The van der Waals surface area contributed by atoms with Crippen LogP contribution in [-0.2, 0) is 14.8 Å². The van der Waals surface area contributed by atoms with Crippen LogP contribution in [0.3, 0.4) is 0 Å². The van der Waals surface area contributed by atoms with Gasteiger partial charge in [0.25, 0.3) is 10.0 Å². The number of carbonyl (C=O) groups excluding carboxylic acids is 1. The Bertz CT molecular complexity index is 637. The molecule has 1 N–H and O–H groups in total. The van der Waals surface area contributed by atoms with Gasteiger partial charge >= 0.3 is 6.03 Å². The second-order valence-electron chi connectivity index (χ2n) is 5.71. The van der Waals surface area contributed by atoms with Crippen molar-refractivity contribution >= 4 is 16.1 Å². The molecular weight excluding hydrogens is 292 g/mol. The number of aryl methyl sites for hydroxylation is 1. The van der Waals surface area contributed by atoms with Gasteiger partial charge in [0.1, 0.15) is 5.72 Å². The number of urea groups is 1. The molecule has 116 valence electrons. The fraction of sp³-hybridized carbons (Fsp3) is 0.500. The van der Waals surface area contributed by atoms with Crippen LogP contribution in [0, 0.1) is 6.92 Å². The third kappa shape index (κ3) is 3.36. The van der Waals surface area contributed by atoms with Crippen LogP contribution in [0.4, 0.5) is 4.79 Å². The molecule has 0 aromatic heterocycles. The minimum Gasteiger partial charge on any atom is -0.351 e. The van der Waals surface area contributed by atoms with Gasteiger partial charge in [-0.05, 0) is 39.8 Å². The molecule has 1 aromatic carbocycles. The van der Waals surface area contributed by atoms with E-state index in [1.807, 2.05) is 13.8 Å². The summed E-state index contributed by atoms with van der Waals surface area (Å²) in [5, 5.41) is 0. The predicted molar refractivity (Wildman–Crippen MR) is 78.2 cm³/mol. The first-order valence-corrected chi connectivity index (χ1v) is 8.19. The number of nitrogens with one attached hydrogen (secondary N) is 1. The topological polar surface area (TPSA) is 75.7 Å². The number of nitrogens with zero attached hydrogens (tertiary/aromatic N) is 1. The molecule has 1 unspecified atom stereocenters. The van der Waals surface area contributed by atoms with Gasteiger partial charge in [0, 0.05) is 0 Å². The van der Waals surface area contributed by atoms with Gasteiger partial charge in [-0.2, -0.15) is 0 Å². The molecule has 1 saturated heterocycles. The average Bonchev–Trinajstić information content (AvgIpc) is 2.62. The van der Waals surface area contributed by atoms with Crippen molar-refractivity contribution < 1.29 is 17.9 Å². The van der Waals surface area contributed by atoms with E-state index in [-0.39, 0.29) is 11.0 Å². The summed E-state index contributed by atoms with van der Waals surface area (Å²) in [5.41, 5.74) is 0.120. The van der Waals surface area contributed by atoms with E-state index in [9.17, 15) is 13.2 Å². The second-order valence-corrected chi connectivity index (χ2v) is 7.39. The van der Waals surface area contributed by atoms with Gasteiger partial charge in [0.05, 0.1) is 17.5 Å². The van der Waals surface area contributed by atoms with Crippen LogP contribution in [-0.4, -0.2) is 37.7 Å². The maximum atomic E-state index is 12.2. The molecule has 0 aliphatic carbocycles. The number of sulfonamides is 1. The zero-order chi connectivity index (χ0) is 15.8. The van der Waals surface area contributed by atoms with Crippen molar-refractivity contribution in [3.05, 3.63) is 29.8 Å². The van der Waals surface area contributed by atoms with E-state index in [0.29, 0.717) is 6.54 Å². The molecule has 0 saturated carbocycles. The van der Waals surface area contributed by atoms with Gasteiger partial charge < -0.3 is 4.74 Å². The molecule has 2 rings (SSSR count). The number of carbonyl (C=O) groups is 1. The molecule has 1 aliphatic rings. The highest BCUT2D eigenvalue weighted by Gasteiger charge is 2.41. The maximum absolute atomic E-state index is 12.2. The predicted octanol–water partition coefficient (Wildman–Crippen LogP) is 1.85. The third-order valence-corrected chi connectivity index (χ3v) is 4.71. The summed E-state index contributed by atoms with van der Waals surface area (Å²) in [5.74, 6) is 0. The Morgan fingerprint density at radius 1 is 1.33 bits per heavy atom. The zero-order valence-corrected chi connectivity index (χ0v) is 13.4. The van der Waals surface area contributed by atoms with Crippen molar-refractivity contribution in [1.82, 2.24) is 9.62 Å². The van der Waals surface area contributed by atoms with E-state index < -0.39 is 21.8 Å². The van der Waals surface area contributed by atoms with Crippen LogP contribution in [0.25, 0.3) is 0 Å². The number of hydrogen-bond donors (Lipinski definition) is 1. The first-order chi connectivity index (χ1) is 9.62. The van der Waals surface area contributed by atoms with Gasteiger partial charge in [0.15, 0.2) is 0 Å². The van der Waals surface area contributed by atoms with Crippen LogP contribution in [0.5, 0.6) is 0 Å². The summed E-state index contributed by atoms with van der Waals surface area (Å²) in [7, 11) is -3.88. The first-order valence-electron chi connectivity index (χ1n) is 6.71. The lowest BCUT2D eigenvalue weighted by Gasteiger charge is -2.29. The van der Waals surface area contributed by atoms with Crippen LogP contribution < -0.4 is 4.72 Å². The van der Waals surface area contributed by atoms with Gasteiger partial charge in [-0.3, -0.25) is 4.90 Å². The number of rotatable bonds is 2. The normalized spacial score (nSPS) is 21.3. The van der Waals surface area contributed by atoms with Crippen molar-refractivity contribution in [2.75, 3.05) is 6.54 Å². The standard InChI is InChI=1S/C14H20N2O4S/c1-10-5-7-12(8-6-10)21(18,19)15-13(17)16-9-11(2)20-14(16,3)4/h5-8,11H,9H2,1-4H3,(H,15,17). The fourth-order valence-electron chi connectivity index (χ4n) is 2.34. The van der Waals surface area contributed by atoms with Gasteiger partial charge in [-0.15, -0.1) is 0 Å². The summed E-state index contributed by atoms with van der Waals surface area (Å²) in [6.45, 7) is 7.51. The van der Waals surface area contributed by atoms with E-state index >= 15 is 0 Å². The van der Waals surface area contributed by atoms with Crippen molar-refractivity contribution in [2.24, 2.45) is 0 Å². The Morgan fingerprint density at radius 2 is 1.90 bits per heavy atom. The first kappa shape index (κ1) is 15.8. The summed E-state index contributed by atoms with van der Waals surface area (Å²) >= 11 is 0. The number of hydrogen-bond acceptors (Lipinski definition) is 4. The Hall–Kier alpha value is -1.60. The lowest BCUT2D eigenvalue weighted by Crippen LogP contribution is -2.50. The quantitative estimate of drug-likeness (QED) is 0.904. The molecule has 21 heavy (non-hydrogen) atoms. The molecule has 1 fully saturated rings. The summed E-state index contributed by atoms with van der Waals surface area (Å²) in [6, 6.07) is 5.64. The smallest absolute Gasteiger partial charge is 0.333 e. The van der Waals surface area contributed by atoms with E-state index in [4.69, 9.17) is 4.74 Å². The highest BCUT2D eigenvalue weighted by Crippen LogP contribution is 2.26. The third-order valence-electron chi connectivity index (χ3n) is 3.38. The van der Waals surface area contributed by atoms with Crippen LogP contribution in [0.2, 0.25) is 0 Å². The molecule has 1 aliphatic heterocycles. The Kier molecular flexibility index (Phi) is 3.99. The number of amides is 2. The van der Waals surface area contributed by atoms with E-state index in [1.165, 1.54) is 17.0 Å². The van der Waals surface area contributed by atoms with Gasteiger partial charge in [-0.1, -0.05) is 17.7 Å². The molecule has 0 spiro atoms. The summed E-state index contributed by atoms with van der Waals surface area (Å²) in [4.78, 5) is 13.7. The fourth-order valence-corrected chi connectivity index (χ4v) is 3.30. The largest absolute Gasteiger partial charge is 0.351 e. The van der Waals surface area contributed by atoms with Gasteiger partial charge in [-0.25, -0.2) is 17.9 Å². The number of benzene rings is 1. The van der Waals surface area contributed by atoms with Crippen LogP contribution >= 0.6 is 0 Å². The summed E-state index contributed by atoms with van der Waals surface area (Å²) in [6.07, 6.45) is -0.132. The van der Waals surface area contributed by atoms with Crippen molar-refractivity contribution in [3.8, 4) is 0 Å². The second kappa shape index (κ2) is 5.31. The molecule has 1 atom stereocenters. The summed E-state index contributed by atoms with van der Waals surface area (Å²) < 4.78 is 32.1. The van der Waals surface area contributed by atoms with E-state index in [1.54, 1.807) is 26.0 Å². The van der Waals surface area contributed by atoms with Crippen molar-refractivity contribution in [2.45, 2.75) is 44.4 Å². The monoisotopic (exact) mass is 312 g/mol. The van der Waals surface area contributed by atoms with Crippen LogP contribution in [0.15, 0.2) is 29.2 Å². The van der Waals surface area contributed by atoms with E-state index in [2.05, 4.69) is 4.72 Å². The van der Waals surface area contributed by atoms with Crippen LogP contribution in [0.1, 0.15) is 26.3 Å². The van der Waals surface area contributed by atoms with Crippen molar-refractivity contribution in [1.29, 1.82) is 0 Å². The lowest BCUT2D eigenvalue weighted by atomic mass is 10.2. The molecule has 1 heterocycles. The molecule has 0 bridgehead atoms. The Balaban J connectivity index is 2.17. The number of ether oxygens (including phenoxy) is 1. The minimum absolute atomic E-state index is 0.0624. The molecule has 1 aromatic rings. The molecule has 2 amide bonds. The van der Waals surface area contributed by atoms with E-state index in [0.717, 1.165) is 5.56 Å². The van der Waals surface area contributed by atoms with Crippen molar-refractivity contribution in [3.63, 3.8) is 0 Å². The average molecular weight is 312 g/mol. The lowest BCUT2D eigenvalue weighted by molar-refractivity contribution is -0.0546. The van der Waals surface area contributed by atoms with Gasteiger partial charge in [0.2, 0.25) is 0 Å². The molecule has 7 heteroatoms. The highest BCUT2D eigenvalue weighted by molar-refractivity contribution is 7.90. The Morgan fingerprint density at radius 3 is 2.38 bits per heavy atom.